The Balaban J connectivity index is 2.02. The summed E-state index contributed by atoms with van der Waals surface area (Å²) in [7, 11) is 1.36. The van der Waals surface area contributed by atoms with Crippen LogP contribution >= 0.6 is 0 Å². The van der Waals surface area contributed by atoms with Crippen molar-refractivity contribution in [2.75, 3.05) is 20.2 Å². The quantitative estimate of drug-likeness (QED) is 0.723. The number of ether oxygens (including phenoxy) is 1. The largest absolute Gasteiger partial charge is 0.469 e. The number of hydrogen-bond acceptors (Lipinski definition) is 5. The Bertz CT molecular complexity index is 404. The van der Waals surface area contributed by atoms with Crippen molar-refractivity contribution < 1.29 is 14.3 Å². The number of likely N-dealkylation sites (tertiary alicyclic amines) is 1. The van der Waals surface area contributed by atoms with E-state index in [0.29, 0.717) is 13.1 Å². The molecule has 1 aliphatic rings. The molecule has 2 rings (SSSR count). The van der Waals surface area contributed by atoms with Gasteiger partial charge in [0.25, 0.3) is 5.91 Å². The number of nitrogens with one attached hydrogen (secondary N) is 1. The summed E-state index contributed by atoms with van der Waals surface area (Å²) in [5.74, 6) is -0.695. The Kier molecular flexibility index (Phi) is 3.36. The summed E-state index contributed by atoms with van der Waals surface area (Å²) < 4.78 is 4.70. The van der Waals surface area contributed by atoms with Crippen molar-refractivity contribution in [3.8, 4) is 0 Å². The maximum absolute atomic E-state index is 12.0. The summed E-state index contributed by atoms with van der Waals surface area (Å²) in [5, 5.41) is 9.73. The first kappa shape index (κ1) is 11.6. The Morgan fingerprint density at radius 1 is 1.59 bits per heavy atom. The zero-order valence-electron chi connectivity index (χ0n) is 9.55. The number of amides is 1. The highest BCUT2D eigenvalue weighted by Crippen LogP contribution is 2.18. The van der Waals surface area contributed by atoms with Crippen LogP contribution in [-0.4, -0.2) is 52.4 Å². The van der Waals surface area contributed by atoms with E-state index in [2.05, 4.69) is 15.4 Å². The maximum Gasteiger partial charge on any atom is 0.310 e. The number of aromatic nitrogens is 3. The molecule has 0 spiro atoms. The minimum absolute atomic E-state index is 0.202. The number of carbonyl (C=O) groups excluding carboxylic acids is 2. The fourth-order valence-corrected chi connectivity index (χ4v) is 1.99. The Labute approximate surface area is 98.1 Å². The first-order valence-corrected chi connectivity index (χ1v) is 5.45. The molecule has 1 atom stereocenters. The molecule has 2 heterocycles. The van der Waals surface area contributed by atoms with E-state index in [9.17, 15) is 9.59 Å². The third kappa shape index (κ3) is 2.43. The highest BCUT2D eigenvalue weighted by Gasteiger charge is 2.30. The monoisotopic (exact) mass is 238 g/mol. The third-order valence-corrected chi connectivity index (χ3v) is 2.88. The summed E-state index contributed by atoms with van der Waals surface area (Å²) in [4.78, 5) is 25.0. The van der Waals surface area contributed by atoms with Crippen molar-refractivity contribution in [1.82, 2.24) is 20.3 Å². The highest BCUT2D eigenvalue weighted by atomic mass is 16.5. The van der Waals surface area contributed by atoms with Crippen molar-refractivity contribution in [3.63, 3.8) is 0 Å². The standard InChI is InChI=1S/C10H14N4O3/c1-17-10(16)7-3-2-4-14(6-7)9(15)8-5-11-13-12-8/h5,7H,2-4,6H2,1H3,(H,11,12,13). The number of rotatable bonds is 2. The van der Waals surface area contributed by atoms with E-state index in [1.807, 2.05) is 0 Å². The molecule has 0 saturated carbocycles. The van der Waals surface area contributed by atoms with Gasteiger partial charge in [0, 0.05) is 13.1 Å². The fraction of sp³-hybridized carbons (Fsp3) is 0.600. The summed E-state index contributed by atoms with van der Waals surface area (Å²) >= 11 is 0. The molecule has 1 aliphatic heterocycles. The van der Waals surface area contributed by atoms with E-state index in [4.69, 9.17) is 4.74 Å². The summed E-state index contributed by atoms with van der Waals surface area (Å²) in [6.07, 6.45) is 2.93. The average Bonchev–Trinajstić information content (AvgIpc) is 2.91. The van der Waals surface area contributed by atoms with Crippen molar-refractivity contribution in [1.29, 1.82) is 0 Å². The molecule has 17 heavy (non-hydrogen) atoms. The minimum atomic E-state index is -0.261. The van der Waals surface area contributed by atoms with Crippen LogP contribution in [0.15, 0.2) is 6.20 Å². The molecular formula is C10H14N4O3. The predicted octanol–water partition coefficient (Wildman–Crippen LogP) is -0.170. The second kappa shape index (κ2) is 4.94. The van der Waals surface area contributed by atoms with Crippen LogP contribution in [0.2, 0.25) is 0 Å². The topological polar surface area (TPSA) is 88.2 Å². The van der Waals surface area contributed by atoms with E-state index in [0.717, 1.165) is 12.8 Å². The number of methoxy groups -OCH3 is 1. The SMILES string of the molecule is COC(=O)C1CCCN(C(=O)c2cn[nH]n2)C1. The van der Waals surface area contributed by atoms with Crippen LogP contribution in [0.25, 0.3) is 0 Å². The Hall–Kier alpha value is -1.92. The van der Waals surface area contributed by atoms with Gasteiger partial charge in [0.15, 0.2) is 5.69 Å². The van der Waals surface area contributed by atoms with Crippen LogP contribution in [0.4, 0.5) is 0 Å². The molecule has 1 aromatic heterocycles. The third-order valence-electron chi connectivity index (χ3n) is 2.88. The van der Waals surface area contributed by atoms with Crippen molar-refractivity contribution in [2.45, 2.75) is 12.8 Å². The number of aromatic amines is 1. The smallest absolute Gasteiger partial charge is 0.310 e. The molecule has 0 radical (unpaired) electrons. The molecule has 1 unspecified atom stereocenters. The number of esters is 1. The lowest BCUT2D eigenvalue weighted by atomic mass is 9.98. The van der Waals surface area contributed by atoms with Crippen LogP contribution in [0.1, 0.15) is 23.3 Å². The van der Waals surface area contributed by atoms with Gasteiger partial charge in [-0.1, -0.05) is 0 Å². The number of hydrogen-bond donors (Lipinski definition) is 1. The number of nitrogens with zero attached hydrogens (tertiary/aromatic N) is 3. The van der Waals surface area contributed by atoms with Gasteiger partial charge in [-0.3, -0.25) is 9.59 Å². The second-order valence-corrected chi connectivity index (χ2v) is 3.97. The normalized spacial score (nSPS) is 20.1. The molecule has 1 amide bonds. The van der Waals surface area contributed by atoms with Gasteiger partial charge in [0.1, 0.15) is 0 Å². The Morgan fingerprint density at radius 2 is 2.41 bits per heavy atom. The average molecular weight is 238 g/mol. The van der Waals surface area contributed by atoms with Gasteiger partial charge in [0.2, 0.25) is 0 Å². The molecule has 1 fully saturated rings. The van der Waals surface area contributed by atoms with Crippen LogP contribution in [0.5, 0.6) is 0 Å². The zero-order chi connectivity index (χ0) is 12.3. The van der Waals surface area contributed by atoms with Crippen LogP contribution in [-0.2, 0) is 9.53 Å². The highest BCUT2D eigenvalue weighted by molar-refractivity contribution is 5.92. The molecule has 92 valence electrons. The van der Waals surface area contributed by atoms with Crippen LogP contribution < -0.4 is 0 Å². The molecule has 7 heteroatoms. The van der Waals surface area contributed by atoms with Crippen molar-refractivity contribution >= 4 is 11.9 Å². The summed E-state index contributed by atoms with van der Waals surface area (Å²) in [6, 6.07) is 0. The molecule has 7 nitrogen and oxygen atoms in total. The minimum Gasteiger partial charge on any atom is -0.469 e. The van der Waals surface area contributed by atoms with E-state index in [1.165, 1.54) is 13.3 Å². The fourth-order valence-electron chi connectivity index (χ4n) is 1.99. The van der Waals surface area contributed by atoms with Gasteiger partial charge >= 0.3 is 5.97 Å². The van der Waals surface area contributed by atoms with Gasteiger partial charge < -0.3 is 9.64 Å². The van der Waals surface area contributed by atoms with Crippen LogP contribution in [0, 0.1) is 5.92 Å². The maximum atomic E-state index is 12.0. The molecular weight excluding hydrogens is 224 g/mol. The van der Waals surface area contributed by atoms with Gasteiger partial charge in [-0.25, -0.2) is 0 Å². The first-order valence-electron chi connectivity index (χ1n) is 5.45. The molecule has 1 saturated heterocycles. The molecule has 1 N–H and O–H groups in total. The van der Waals surface area contributed by atoms with E-state index in [-0.39, 0.29) is 23.5 Å². The van der Waals surface area contributed by atoms with E-state index in [1.54, 1.807) is 4.90 Å². The molecule has 0 bridgehead atoms. The van der Waals surface area contributed by atoms with E-state index < -0.39 is 0 Å². The number of piperidine rings is 1. The second-order valence-electron chi connectivity index (χ2n) is 3.97. The number of carbonyl (C=O) groups is 2. The van der Waals surface area contributed by atoms with Gasteiger partial charge in [-0.2, -0.15) is 15.4 Å². The number of H-pyrrole nitrogens is 1. The molecule has 0 aromatic carbocycles. The lowest BCUT2D eigenvalue weighted by molar-refractivity contribution is -0.146. The van der Waals surface area contributed by atoms with Crippen molar-refractivity contribution in [2.24, 2.45) is 5.92 Å². The van der Waals surface area contributed by atoms with Gasteiger partial charge in [-0.05, 0) is 12.8 Å². The Morgan fingerprint density at radius 3 is 3.06 bits per heavy atom. The molecule has 1 aromatic rings. The summed E-state index contributed by atoms with van der Waals surface area (Å²) in [5.41, 5.74) is 0.274. The van der Waals surface area contributed by atoms with E-state index >= 15 is 0 Å². The van der Waals surface area contributed by atoms with Crippen molar-refractivity contribution in [3.05, 3.63) is 11.9 Å². The lowest BCUT2D eigenvalue weighted by Gasteiger charge is -2.30. The first-order chi connectivity index (χ1) is 8.22. The summed E-state index contributed by atoms with van der Waals surface area (Å²) in [6.45, 7) is 1.03. The predicted molar refractivity (Wildman–Crippen MR) is 57.0 cm³/mol. The van der Waals surface area contributed by atoms with Gasteiger partial charge in [0.05, 0.1) is 19.2 Å². The van der Waals surface area contributed by atoms with Gasteiger partial charge in [-0.15, -0.1) is 0 Å². The van der Waals surface area contributed by atoms with Crippen LogP contribution in [0.3, 0.4) is 0 Å². The zero-order valence-corrected chi connectivity index (χ0v) is 9.55. The molecule has 0 aliphatic carbocycles. The lowest BCUT2D eigenvalue weighted by Crippen LogP contribution is -2.42.